The molecule has 0 aliphatic heterocycles. The highest BCUT2D eigenvalue weighted by molar-refractivity contribution is 7.98. The molecule has 0 aromatic heterocycles. The van der Waals surface area contributed by atoms with E-state index in [-0.39, 0.29) is 5.91 Å². The lowest BCUT2D eigenvalue weighted by atomic mass is 10.2. The molecule has 1 amide bonds. The standard InChI is InChI=1S/C12H17NOS/c1-4-9-13(10(2)14)11-7-5-6-8-12(11)15-3/h5-8H,4,9H2,1-3H3. The van der Waals surface area contributed by atoms with E-state index >= 15 is 0 Å². The summed E-state index contributed by atoms with van der Waals surface area (Å²) in [5.74, 6) is 0.110. The highest BCUT2D eigenvalue weighted by Gasteiger charge is 2.13. The lowest BCUT2D eigenvalue weighted by molar-refractivity contribution is -0.116. The maximum absolute atomic E-state index is 11.5. The number of rotatable bonds is 4. The predicted octanol–water partition coefficient (Wildman–Crippen LogP) is 3.17. The Morgan fingerprint density at radius 2 is 2.07 bits per heavy atom. The highest BCUT2D eigenvalue weighted by Crippen LogP contribution is 2.28. The molecule has 0 aliphatic carbocycles. The molecule has 1 aromatic rings. The van der Waals surface area contributed by atoms with Gasteiger partial charge >= 0.3 is 0 Å². The third kappa shape index (κ3) is 2.99. The monoisotopic (exact) mass is 223 g/mol. The van der Waals surface area contributed by atoms with Crippen molar-refractivity contribution in [3.05, 3.63) is 24.3 Å². The van der Waals surface area contributed by atoms with Crippen LogP contribution in [0.2, 0.25) is 0 Å². The molecule has 1 aromatic carbocycles. The number of para-hydroxylation sites is 1. The summed E-state index contributed by atoms with van der Waals surface area (Å²) in [7, 11) is 0. The Hall–Kier alpha value is -0.960. The van der Waals surface area contributed by atoms with E-state index in [2.05, 4.69) is 6.92 Å². The van der Waals surface area contributed by atoms with Gasteiger partial charge < -0.3 is 4.90 Å². The number of anilines is 1. The first-order valence-electron chi connectivity index (χ1n) is 5.11. The molecule has 0 N–H and O–H groups in total. The summed E-state index contributed by atoms with van der Waals surface area (Å²) in [6.07, 6.45) is 3.01. The van der Waals surface area contributed by atoms with Crippen molar-refractivity contribution in [3.8, 4) is 0 Å². The Kier molecular flexibility index (Phi) is 4.69. The lowest BCUT2D eigenvalue weighted by Gasteiger charge is -2.22. The topological polar surface area (TPSA) is 20.3 Å². The van der Waals surface area contributed by atoms with Gasteiger partial charge in [-0.3, -0.25) is 4.79 Å². The molecule has 0 saturated heterocycles. The van der Waals surface area contributed by atoms with E-state index in [0.29, 0.717) is 0 Å². The molecule has 15 heavy (non-hydrogen) atoms. The van der Waals surface area contributed by atoms with Crippen LogP contribution in [-0.4, -0.2) is 18.7 Å². The number of nitrogens with zero attached hydrogens (tertiary/aromatic N) is 1. The molecule has 2 nitrogen and oxygen atoms in total. The minimum Gasteiger partial charge on any atom is -0.312 e. The van der Waals surface area contributed by atoms with Gasteiger partial charge in [0.2, 0.25) is 5.91 Å². The first-order chi connectivity index (χ1) is 7.20. The van der Waals surface area contributed by atoms with Crippen molar-refractivity contribution < 1.29 is 4.79 Å². The van der Waals surface area contributed by atoms with Crippen molar-refractivity contribution in [1.29, 1.82) is 0 Å². The normalized spacial score (nSPS) is 10.1. The van der Waals surface area contributed by atoms with Crippen LogP contribution in [0.5, 0.6) is 0 Å². The van der Waals surface area contributed by atoms with Gasteiger partial charge in [-0.15, -0.1) is 11.8 Å². The van der Waals surface area contributed by atoms with E-state index in [4.69, 9.17) is 0 Å². The third-order valence-electron chi connectivity index (χ3n) is 2.20. The summed E-state index contributed by atoms with van der Waals surface area (Å²) in [6.45, 7) is 4.48. The molecular formula is C12H17NOS. The van der Waals surface area contributed by atoms with Gasteiger partial charge in [-0.25, -0.2) is 0 Å². The van der Waals surface area contributed by atoms with Crippen molar-refractivity contribution in [3.63, 3.8) is 0 Å². The molecule has 0 aliphatic rings. The van der Waals surface area contributed by atoms with Crippen LogP contribution < -0.4 is 4.90 Å². The number of carbonyl (C=O) groups excluding carboxylic acids is 1. The van der Waals surface area contributed by atoms with Crippen LogP contribution in [0.4, 0.5) is 5.69 Å². The molecule has 0 fully saturated rings. The van der Waals surface area contributed by atoms with Crippen molar-refractivity contribution in [2.45, 2.75) is 25.2 Å². The van der Waals surface area contributed by atoms with Gasteiger partial charge in [0.25, 0.3) is 0 Å². The van der Waals surface area contributed by atoms with Gasteiger partial charge in [-0.05, 0) is 24.8 Å². The first-order valence-corrected chi connectivity index (χ1v) is 6.34. The van der Waals surface area contributed by atoms with E-state index in [1.54, 1.807) is 18.7 Å². The van der Waals surface area contributed by atoms with Gasteiger partial charge in [0.1, 0.15) is 0 Å². The third-order valence-corrected chi connectivity index (χ3v) is 2.99. The van der Waals surface area contributed by atoms with E-state index in [0.717, 1.165) is 23.5 Å². The molecular weight excluding hydrogens is 206 g/mol. The van der Waals surface area contributed by atoms with Gasteiger partial charge in [0.05, 0.1) is 5.69 Å². The SMILES string of the molecule is CCCN(C(C)=O)c1ccccc1SC. The van der Waals surface area contributed by atoms with Gasteiger partial charge in [0.15, 0.2) is 0 Å². The second kappa shape index (κ2) is 5.81. The number of amides is 1. The van der Waals surface area contributed by atoms with Crippen LogP contribution in [0.3, 0.4) is 0 Å². The first kappa shape index (κ1) is 12.1. The lowest BCUT2D eigenvalue weighted by Crippen LogP contribution is -2.29. The Bertz CT molecular complexity index is 338. The average Bonchev–Trinajstić information content (AvgIpc) is 2.25. The number of thioether (sulfide) groups is 1. The van der Waals surface area contributed by atoms with Crippen LogP contribution in [0.15, 0.2) is 29.2 Å². The number of carbonyl (C=O) groups is 1. The van der Waals surface area contributed by atoms with Crippen LogP contribution in [0.25, 0.3) is 0 Å². The fourth-order valence-electron chi connectivity index (χ4n) is 1.52. The maximum atomic E-state index is 11.5. The van der Waals surface area contributed by atoms with Crippen molar-refractivity contribution in [1.82, 2.24) is 0 Å². The number of benzene rings is 1. The fourth-order valence-corrected chi connectivity index (χ4v) is 2.13. The fraction of sp³-hybridized carbons (Fsp3) is 0.417. The zero-order valence-corrected chi connectivity index (χ0v) is 10.3. The zero-order valence-electron chi connectivity index (χ0n) is 9.49. The molecule has 0 heterocycles. The summed E-state index contributed by atoms with van der Waals surface area (Å²) >= 11 is 1.67. The molecule has 1 rings (SSSR count). The van der Waals surface area contributed by atoms with Crippen LogP contribution >= 0.6 is 11.8 Å². The van der Waals surface area contributed by atoms with E-state index < -0.39 is 0 Å². The Balaban J connectivity index is 3.04. The van der Waals surface area contributed by atoms with E-state index in [1.807, 2.05) is 35.4 Å². The number of hydrogen-bond donors (Lipinski definition) is 0. The van der Waals surface area contributed by atoms with E-state index in [1.165, 1.54) is 0 Å². The molecule has 0 spiro atoms. The molecule has 0 radical (unpaired) electrons. The predicted molar refractivity (Wildman–Crippen MR) is 66.5 cm³/mol. The van der Waals surface area contributed by atoms with Gasteiger partial charge in [-0.2, -0.15) is 0 Å². The summed E-state index contributed by atoms with van der Waals surface area (Å²) in [5, 5.41) is 0. The van der Waals surface area contributed by atoms with E-state index in [9.17, 15) is 4.79 Å². The number of hydrogen-bond acceptors (Lipinski definition) is 2. The summed E-state index contributed by atoms with van der Waals surface area (Å²) in [5.41, 5.74) is 1.03. The molecule has 0 bridgehead atoms. The largest absolute Gasteiger partial charge is 0.312 e. The zero-order chi connectivity index (χ0) is 11.3. The van der Waals surface area contributed by atoms with Crippen molar-refractivity contribution in [2.75, 3.05) is 17.7 Å². The summed E-state index contributed by atoms with van der Waals surface area (Å²) in [6, 6.07) is 8.02. The minimum atomic E-state index is 0.110. The Morgan fingerprint density at radius 1 is 1.40 bits per heavy atom. The second-order valence-corrected chi connectivity index (χ2v) is 4.19. The van der Waals surface area contributed by atoms with Crippen molar-refractivity contribution in [2.24, 2.45) is 0 Å². The van der Waals surface area contributed by atoms with Crippen molar-refractivity contribution >= 4 is 23.4 Å². The molecule has 0 atom stereocenters. The van der Waals surface area contributed by atoms with Crippen LogP contribution in [-0.2, 0) is 4.79 Å². The second-order valence-electron chi connectivity index (χ2n) is 3.34. The van der Waals surface area contributed by atoms with Crippen LogP contribution in [0.1, 0.15) is 20.3 Å². The molecule has 0 saturated carbocycles. The molecule has 0 unspecified atom stereocenters. The Labute approximate surface area is 95.7 Å². The van der Waals surface area contributed by atoms with Gasteiger partial charge in [-0.1, -0.05) is 19.1 Å². The molecule has 3 heteroatoms. The molecule has 82 valence electrons. The van der Waals surface area contributed by atoms with Gasteiger partial charge in [0, 0.05) is 18.4 Å². The Morgan fingerprint density at radius 3 is 2.60 bits per heavy atom. The average molecular weight is 223 g/mol. The summed E-state index contributed by atoms with van der Waals surface area (Å²) in [4.78, 5) is 14.5. The van der Waals surface area contributed by atoms with Crippen LogP contribution in [0, 0.1) is 0 Å². The smallest absolute Gasteiger partial charge is 0.223 e. The maximum Gasteiger partial charge on any atom is 0.223 e. The quantitative estimate of drug-likeness (QED) is 0.731. The minimum absolute atomic E-state index is 0.110. The summed E-state index contributed by atoms with van der Waals surface area (Å²) < 4.78 is 0. The highest BCUT2D eigenvalue weighted by atomic mass is 32.2.